The van der Waals surface area contributed by atoms with Gasteiger partial charge in [0.25, 0.3) is 0 Å². The highest BCUT2D eigenvalue weighted by molar-refractivity contribution is 5.37. The minimum atomic E-state index is 0.304. The number of hydrogen-bond donors (Lipinski definition) is 0. The number of benzene rings is 1. The molecule has 2 aliphatic rings. The Morgan fingerprint density at radius 3 is 2.18 bits per heavy atom. The average Bonchev–Trinajstić information content (AvgIpc) is 2.81. The van der Waals surface area contributed by atoms with E-state index in [1.165, 1.54) is 32.2 Å². The maximum atomic E-state index is 2.76. The van der Waals surface area contributed by atoms with Crippen molar-refractivity contribution in [2.24, 2.45) is 0 Å². The number of nitrogens with zero attached hydrogens (tertiary/aromatic N) is 1. The van der Waals surface area contributed by atoms with Crippen molar-refractivity contribution < 1.29 is 0 Å². The van der Waals surface area contributed by atoms with E-state index in [1.54, 1.807) is 11.1 Å². The van der Waals surface area contributed by atoms with Crippen LogP contribution >= 0.6 is 0 Å². The van der Waals surface area contributed by atoms with Crippen LogP contribution in [0.2, 0.25) is 0 Å². The zero-order chi connectivity index (χ0) is 12.1. The quantitative estimate of drug-likeness (QED) is 0.659. The molecule has 92 valence electrons. The molecule has 0 bridgehead atoms. The Labute approximate surface area is 105 Å². The van der Waals surface area contributed by atoms with E-state index in [0.29, 0.717) is 11.1 Å². The first-order chi connectivity index (χ1) is 8.01. The van der Waals surface area contributed by atoms with Gasteiger partial charge in [0.05, 0.1) is 0 Å². The third kappa shape index (κ3) is 1.72. The van der Waals surface area contributed by atoms with Gasteiger partial charge in [-0.2, -0.15) is 0 Å². The molecular formula is C16H23N. The molecule has 17 heavy (non-hydrogen) atoms. The summed E-state index contributed by atoms with van der Waals surface area (Å²) in [6.07, 6.45) is 5.27. The van der Waals surface area contributed by atoms with Crippen molar-refractivity contribution in [1.82, 2.24) is 4.90 Å². The summed E-state index contributed by atoms with van der Waals surface area (Å²) in [7, 11) is 0. The molecule has 1 aromatic rings. The third-order valence-corrected chi connectivity index (χ3v) is 4.56. The highest BCUT2D eigenvalue weighted by atomic mass is 15.3. The molecule has 0 saturated carbocycles. The molecule has 0 amide bonds. The van der Waals surface area contributed by atoms with E-state index in [9.17, 15) is 0 Å². The van der Waals surface area contributed by atoms with Gasteiger partial charge in [0.2, 0.25) is 0 Å². The fraction of sp³-hybridized carbons (Fsp3) is 0.625. The Morgan fingerprint density at radius 1 is 1.06 bits per heavy atom. The van der Waals surface area contributed by atoms with Crippen LogP contribution in [0.3, 0.4) is 0 Å². The second-order valence-corrected chi connectivity index (χ2v) is 6.77. The zero-order valence-corrected chi connectivity index (χ0v) is 11.3. The smallest absolute Gasteiger partial charge is 0.0295 e. The van der Waals surface area contributed by atoms with Crippen LogP contribution < -0.4 is 0 Å². The lowest BCUT2D eigenvalue weighted by Gasteiger charge is -2.44. The summed E-state index contributed by atoms with van der Waals surface area (Å²) < 4.78 is 0. The minimum absolute atomic E-state index is 0.304. The molecule has 0 N–H and O–H groups in total. The molecule has 0 aromatic heterocycles. The molecule has 1 aliphatic heterocycles. The van der Waals surface area contributed by atoms with Crippen LogP contribution in [0.25, 0.3) is 0 Å². The normalized spacial score (nSPS) is 23.2. The SMILES string of the molecule is CC(C)(C)N1CCCC12Cc1ccccc1C2. The van der Waals surface area contributed by atoms with Crippen LogP contribution in [0.15, 0.2) is 24.3 Å². The Hall–Kier alpha value is -0.820. The van der Waals surface area contributed by atoms with Crippen LogP contribution in [0.1, 0.15) is 44.7 Å². The number of likely N-dealkylation sites (tertiary alicyclic amines) is 1. The van der Waals surface area contributed by atoms with E-state index in [4.69, 9.17) is 0 Å². The molecule has 1 aromatic carbocycles. The molecule has 1 heterocycles. The van der Waals surface area contributed by atoms with E-state index in [2.05, 4.69) is 49.9 Å². The molecule has 3 rings (SSSR count). The zero-order valence-electron chi connectivity index (χ0n) is 11.3. The Kier molecular flexibility index (Phi) is 2.38. The number of hydrogen-bond acceptors (Lipinski definition) is 1. The minimum Gasteiger partial charge on any atom is -0.292 e. The van der Waals surface area contributed by atoms with E-state index >= 15 is 0 Å². The number of fused-ring (bicyclic) bond motifs is 1. The predicted molar refractivity (Wildman–Crippen MR) is 72.3 cm³/mol. The third-order valence-electron chi connectivity index (χ3n) is 4.56. The highest BCUT2D eigenvalue weighted by Crippen LogP contribution is 2.44. The fourth-order valence-electron chi connectivity index (χ4n) is 4.03. The number of rotatable bonds is 0. The van der Waals surface area contributed by atoms with Crippen molar-refractivity contribution in [2.75, 3.05) is 6.54 Å². The lowest BCUT2D eigenvalue weighted by Crippen LogP contribution is -2.54. The van der Waals surface area contributed by atoms with Crippen LogP contribution in [-0.2, 0) is 12.8 Å². The molecule has 1 aliphatic carbocycles. The van der Waals surface area contributed by atoms with Crippen molar-refractivity contribution in [3.8, 4) is 0 Å². The molecule has 1 saturated heterocycles. The van der Waals surface area contributed by atoms with E-state index < -0.39 is 0 Å². The molecule has 1 fully saturated rings. The summed E-state index contributed by atoms with van der Waals surface area (Å²) in [5.41, 5.74) is 3.91. The lowest BCUT2D eigenvalue weighted by molar-refractivity contribution is 0.0498. The topological polar surface area (TPSA) is 3.24 Å². The maximum Gasteiger partial charge on any atom is 0.0295 e. The Morgan fingerprint density at radius 2 is 1.65 bits per heavy atom. The van der Waals surface area contributed by atoms with Crippen molar-refractivity contribution in [3.63, 3.8) is 0 Å². The molecule has 0 radical (unpaired) electrons. The van der Waals surface area contributed by atoms with E-state index in [-0.39, 0.29) is 0 Å². The monoisotopic (exact) mass is 229 g/mol. The molecule has 1 nitrogen and oxygen atoms in total. The summed E-state index contributed by atoms with van der Waals surface area (Å²) in [6.45, 7) is 8.37. The summed E-state index contributed by atoms with van der Waals surface area (Å²) in [6, 6.07) is 9.02. The van der Waals surface area contributed by atoms with Gasteiger partial charge in [-0.25, -0.2) is 0 Å². The summed E-state index contributed by atoms with van der Waals surface area (Å²) in [5, 5.41) is 0. The molecule has 1 heteroatoms. The largest absolute Gasteiger partial charge is 0.292 e. The first-order valence-electron chi connectivity index (χ1n) is 6.86. The predicted octanol–water partition coefficient (Wildman–Crippen LogP) is 3.42. The first kappa shape index (κ1) is 11.3. The lowest BCUT2D eigenvalue weighted by atomic mass is 9.89. The Bertz CT molecular complexity index is 402. The van der Waals surface area contributed by atoms with Crippen molar-refractivity contribution in [1.29, 1.82) is 0 Å². The molecule has 1 spiro atoms. The van der Waals surface area contributed by atoms with Crippen LogP contribution in [-0.4, -0.2) is 22.5 Å². The van der Waals surface area contributed by atoms with E-state index in [1.807, 2.05) is 0 Å². The fourth-order valence-corrected chi connectivity index (χ4v) is 4.03. The average molecular weight is 229 g/mol. The van der Waals surface area contributed by atoms with Crippen LogP contribution in [0, 0.1) is 0 Å². The highest BCUT2D eigenvalue weighted by Gasteiger charge is 2.48. The van der Waals surface area contributed by atoms with Crippen molar-refractivity contribution in [3.05, 3.63) is 35.4 Å². The van der Waals surface area contributed by atoms with Gasteiger partial charge in [0, 0.05) is 11.1 Å². The molecular weight excluding hydrogens is 206 g/mol. The van der Waals surface area contributed by atoms with Crippen molar-refractivity contribution >= 4 is 0 Å². The summed E-state index contributed by atoms with van der Waals surface area (Å²) in [5.74, 6) is 0. The van der Waals surface area contributed by atoms with Gasteiger partial charge in [-0.3, -0.25) is 4.90 Å². The maximum absolute atomic E-state index is 2.76. The van der Waals surface area contributed by atoms with Gasteiger partial charge in [0.15, 0.2) is 0 Å². The van der Waals surface area contributed by atoms with Gasteiger partial charge in [-0.15, -0.1) is 0 Å². The second kappa shape index (κ2) is 3.58. The van der Waals surface area contributed by atoms with Gasteiger partial charge < -0.3 is 0 Å². The van der Waals surface area contributed by atoms with Gasteiger partial charge in [-0.05, 0) is 64.1 Å². The van der Waals surface area contributed by atoms with Gasteiger partial charge >= 0.3 is 0 Å². The van der Waals surface area contributed by atoms with Crippen molar-refractivity contribution in [2.45, 2.75) is 57.5 Å². The van der Waals surface area contributed by atoms with Crippen LogP contribution in [0.4, 0.5) is 0 Å². The summed E-state index contributed by atoms with van der Waals surface area (Å²) >= 11 is 0. The van der Waals surface area contributed by atoms with E-state index in [0.717, 1.165) is 0 Å². The molecule has 0 unspecified atom stereocenters. The molecule has 0 atom stereocenters. The van der Waals surface area contributed by atoms with Gasteiger partial charge in [0.1, 0.15) is 0 Å². The summed E-state index contributed by atoms with van der Waals surface area (Å²) in [4.78, 5) is 2.76. The standard InChI is InChI=1S/C16H23N/c1-15(2,3)17-10-6-9-16(17)11-13-7-4-5-8-14(13)12-16/h4-5,7-8H,6,9-12H2,1-3H3. The first-order valence-corrected chi connectivity index (χ1v) is 6.86. The van der Waals surface area contributed by atoms with Crippen LogP contribution in [0.5, 0.6) is 0 Å². The second-order valence-electron chi connectivity index (χ2n) is 6.77. The van der Waals surface area contributed by atoms with Gasteiger partial charge in [-0.1, -0.05) is 24.3 Å². The Balaban J connectivity index is 1.95.